The lowest BCUT2D eigenvalue weighted by atomic mass is 9.96. The summed E-state index contributed by atoms with van der Waals surface area (Å²) in [7, 11) is 0. The van der Waals surface area contributed by atoms with Crippen molar-refractivity contribution in [3.05, 3.63) is 48.0 Å². The number of benzene rings is 2. The zero-order chi connectivity index (χ0) is 13.0. The minimum atomic E-state index is -0.315. The van der Waals surface area contributed by atoms with Gasteiger partial charge in [0.2, 0.25) is 0 Å². The molecule has 0 saturated carbocycles. The molecule has 2 aromatic rings. The van der Waals surface area contributed by atoms with Crippen molar-refractivity contribution >= 4 is 10.8 Å². The molecule has 0 aliphatic heterocycles. The second-order valence-corrected chi connectivity index (χ2v) is 5.24. The maximum Gasteiger partial charge on any atom is 0.0697 e. The molecule has 0 unspecified atom stereocenters. The second kappa shape index (κ2) is 5.20. The van der Waals surface area contributed by atoms with Gasteiger partial charge in [-0.3, -0.25) is 0 Å². The first kappa shape index (κ1) is 12.6. The summed E-state index contributed by atoms with van der Waals surface area (Å²) in [6.45, 7) is 5.39. The van der Waals surface area contributed by atoms with Gasteiger partial charge in [0.15, 0.2) is 0 Å². The molecule has 0 aliphatic rings. The van der Waals surface area contributed by atoms with Crippen LogP contribution in [0.1, 0.15) is 19.4 Å². The van der Waals surface area contributed by atoms with E-state index in [0.717, 1.165) is 6.54 Å². The third kappa shape index (κ3) is 2.88. The van der Waals surface area contributed by atoms with Crippen molar-refractivity contribution in [1.82, 2.24) is 5.32 Å². The van der Waals surface area contributed by atoms with Gasteiger partial charge >= 0.3 is 0 Å². The van der Waals surface area contributed by atoms with E-state index in [1.807, 2.05) is 13.8 Å². The maximum atomic E-state index is 8.97. The largest absolute Gasteiger partial charge is 0.311 e. The Kier molecular flexibility index (Phi) is 3.64. The van der Waals surface area contributed by atoms with Crippen LogP contribution in [0, 0.1) is 16.7 Å². The molecule has 0 radical (unpaired) electrons. The number of hydrogen-bond donors (Lipinski definition) is 1. The highest BCUT2D eigenvalue weighted by Gasteiger charge is 2.15. The molecule has 0 aromatic heterocycles. The van der Waals surface area contributed by atoms with Gasteiger partial charge < -0.3 is 5.32 Å². The number of fused-ring (bicyclic) bond motifs is 1. The Bertz CT molecular complexity index is 574. The third-order valence-electron chi connectivity index (χ3n) is 3.06. The Balaban J connectivity index is 2.11. The second-order valence-electron chi connectivity index (χ2n) is 5.24. The average molecular weight is 238 g/mol. The van der Waals surface area contributed by atoms with Crippen molar-refractivity contribution < 1.29 is 0 Å². The standard InChI is InChI=1S/C16H18N2/c1-16(2,11-17)12-18-10-14-8-5-7-13-6-3-4-9-15(13)14/h3-9,18H,10,12H2,1-2H3. The summed E-state index contributed by atoms with van der Waals surface area (Å²) in [5.41, 5.74) is 0.965. The van der Waals surface area contributed by atoms with Gasteiger partial charge in [0.05, 0.1) is 11.5 Å². The lowest BCUT2D eigenvalue weighted by Gasteiger charge is -2.16. The van der Waals surface area contributed by atoms with E-state index in [0.29, 0.717) is 6.54 Å². The van der Waals surface area contributed by atoms with Gasteiger partial charge in [-0.15, -0.1) is 0 Å². The van der Waals surface area contributed by atoms with Gasteiger partial charge in [-0.1, -0.05) is 42.5 Å². The predicted molar refractivity (Wildman–Crippen MR) is 75.0 cm³/mol. The van der Waals surface area contributed by atoms with Gasteiger partial charge in [-0.05, 0) is 30.2 Å². The van der Waals surface area contributed by atoms with Crippen LogP contribution in [0.25, 0.3) is 10.8 Å². The van der Waals surface area contributed by atoms with Crippen LogP contribution in [-0.4, -0.2) is 6.54 Å². The Morgan fingerprint density at radius 2 is 1.83 bits per heavy atom. The highest BCUT2D eigenvalue weighted by atomic mass is 14.9. The molecule has 0 heterocycles. The monoisotopic (exact) mass is 238 g/mol. The Hall–Kier alpha value is -1.85. The zero-order valence-electron chi connectivity index (χ0n) is 10.9. The van der Waals surface area contributed by atoms with Crippen LogP contribution in [-0.2, 0) is 6.54 Å². The minimum absolute atomic E-state index is 0.315. The molecule has 0 amide bonds. The van der Waals surface area contributed by atoms with Gasteiger partial charge in [0.25, 0.3) is 0 Å². The first-order valence-corrected chi connectivity index (χ1v) is 6.21. The summed E-state index contributed by atoms with van der Waals surface area (Å²) in [5.74, 6) is 0. The van der Waals surface area contributed by atoms with E-state index in [9.17, 15) is 0 Å². The van der Waals surface area contributed by atoms with Gasteiger partial charge in [0, 0.05) is 13.1 Å². The highest BCUT2D eigenvalue weighted by Crippen LogP contribution is 2.18. The van der Waals surface area contributed by atoms with Crippen LogP contribution in [0.5, 0.6) is 0 Å². The maximum absolute atomic E-state index is 8.97. The molecule has 0 saturated heterocycles. The topological polar surface area (TPSA) is 35.8 Å². The van der Waals surface area contributed by atoms with Gasteiger partial charge in [0.1, 0.15) is 0 Å². The molecular weight excluding hydrogens is 220 g/mol. The highest BCUT2D eigenvalue weighted by molar-refractivity contribution is 5.85. The number of nitrogens with zero attached hydrogens (tertiary/aromatic N) is 1. The molecule has 2 rings (SSSR count). The Morgan fingerprint density at radius 3 is 2.61 bits per heavy atom. The number of nitriles is 1. The van der Waals surface area contributed by atoms with Crippen LogP contribution in [0.2, 0.25) is 0 Å². The first-order chi connectivity index (χ1) is 8.62. The molecule has 0 spiro atoms. The van der Waals surface area contributed by atoms with Crippen molar-refractivity contribution in [1.29, 1.82) is 5.26 Å². The van der Waals surface area contributed by atoms with E-state index >= 15 is 0 Å². The summed E-state index contributed by atoms with van der Waals surface area (Å²) in [4.78, 5) is 0. The Labute approximate surface area is 108 Å². The number of nitrogens with one attached hydrogen (secondary N) is 1. The summed E-state index contributed by atoms with van der Waals surface area (Å²) in [5, 5.41) is 14.9. The molecule has 0 atom stereocenters. The van der Waals surface area contributed by atoms with Crippen LogP contribution in [0.3, 0.4) is 0 Å². The molecule has 2 aromatic carbocycles. The summed E-state index contributed by atoms with van der Waals surface area (Å²) < 4.78 is 0. The molecule has 0 fully saturated rings. The van der Waals surface area contributed by atoms with Crippen molar-refractivity contribution in [2.24, 2.45) is 5.41 Å². The summed E-state index contributed by atoms with van der Waals surface area (Å²) in [6, 6.07) is 17.0. The summed E-state index contributed by atoms with van der Waals surface area (Å²) >= 11 is 0. The van der Waals surface area contributed by atoms with Crippen molar-refractivity contribution in [3.8, 4) is 6.07 Å². The molecule has 18 heavy (non-hydrogen) atoms. The molecule has 1 N–H and O–H groups in total. The van der Waals surface area contributed by atoms with Crippen molar-refractivity contribution in [3.63, 3.8) is 0 Å². The molecule has 0 bridgehead atoms. The lowest BCUT2D eigenvalue weighted by Crippen LogP contribution is -2.27. The number of rotatable bonds is 4. The molecule has 2 heteroatoms. The normalized spacial score (nSPS) is 11.4. The van der Waals surface area contributed by atoms with E-state index in [4.69, 9.17) is 5.26 Å². The quantitative estimate of drug-likeness (QED) is 0.885. The van der Waals surface area contributed by atoms with Crippen LogP contribution >= 0.6 is 0 Å². The molecule has 0 aliphatic carbocycles. The SMILES string of the molecule is CC(C)(C#N)CNCc1cccc2ccccc12. The third-order valence-corrected chi connectivity index (χ3v) is 3.06. The average Bonchev–Trinajstić information content (AvgIpc) is 2.39. The van der Waals surface area contributed by atoms with E-state index in [-0.39, 0.29) is 5.41 Å². The lowest BCUT2D eigenvalue weighted by molar-refractivity contribution is 0.445. The van der Waals surface area contributed by atoms with E-state index in [2.05, 4.69) is 53.9 Å². The minimum Gasteiger partial charge on any atom is -0.311 e. The predicted octanol–water partition coefficient (Wildman–Crippen LogP) is 3.48. The summed E-state index contributed by atoms with van der Waals surface area (Å²) in [6.07, 6.45) is 0. The van der Waals surface area contributed by atoms with E-state index in [1.165, 1.54) is 16.3 Å². The van der Waals surface area contributed by atoms with E-state index in [1.54, 1.807) is 0 Å². The van der Waals surface area contributed by atoms with Crippen molar-refractivity contribution in [2.75, 3.05) is 6.54 Å². The molecule has 2 nitrogen and oxygen atoms in total. The van der Waals surface area contributed by atoms with Crippen LogP contribution in [0.4, 0.5) is 0 Å². The van der Waals surface area contributed by atoms with Crippen LogP contribution in [0.15, 0.2) is 42.5 Å². The van der Waals surface area contributed by atoms with Gasteiger partial charge in [-0.2, -0.15) is 5.26 Å². The van der Waals surface area contributed by atoms with Gasteiger partial charge in [-0.25, -0.2) is 0 Å². The van der Waals surface area contributed by atoms with E-state index < -0.39 is 0 Å². The molecule has 92 valence electrons. The fourth-order valence-electron chi connectivity index (χ4n) is 2.00. The zero-order valence-corrected chi connectivity index (χ0v) is 10.9. The smallest absolute Gasteiger partial charge is 0.0697 e. The molecular formula is C16H18N2. The fourth-order valence-corrected chi connectivity index (χ4v) is 2.00. The van der Waals surface area contributed by atoms with Crippen LogP contribution < -0.4 is 5.32 Å². The fraction of sp³-hybridized carbons (Fsp3) is 0.312. The number of hydrogen-bond acceptors (Lipinski definition) is 2. The Morgan fingerprint density at radius 1 is 1.11 bits per heavy atom. The first-order valence-electron chi connectivity index (χ1n) is 6.21. The van der Waals surface area contributed by atoms with Crippen molar-refractivity contribution in [2.45, 2.75) is 20.4 Å².